The molecule has 0 fully saturated rings. The average molecular weight is 654 g/mol. The van der Waals surface area contributed by atoms with E-state index in [1.54, 1.807) is 12.2 Å². The number of likely N-dealkylation sites (N-methyl/N-ethyl adjacent to an activating group) is 1. The van der Waals surface area contributed by atoms with Gasteiger partial charge in [-0.05, 0) is 61.9 Å². The summed E-state index contributed by atoms with van der Waals surface area (Å²) >= 11 is 0. The van der Waals surface area contributed by atoms with Crippen LogP contribution < -0.4 is 15.4 Å². The van der Waals surface area contributed by atoms with Gasteiger partial charge in [-0.15, -0.1) is 0 Å². The molecule has 0 spiro atoms. The second-order valence-corrected chi connectivity index (χ2v) is 13.9. The molecular weight excluding hydrogens is 611 g/mol. The van der Waals surface area contributed by atoms with Crippen molar-refractivity contribution in [3.05, 3.63) is 77.4 Å². The van der Waals surface area contributed by atoms with Crippen molar-refractivity contribution in [2.45, 2.75) is 82.1 Å². The van der Waals surface area contributed by atoms with Crippen molar-refractivity contribution < 1.29 is 41.0 Å². The third-order valence-corrected chi connectivity index (χ3v) is 9.86. The molecular formula is C32H42F3N3O6S. The average Bonchev–Trinajstić information content (AvgIpc) is 3.31. The molecule has 0 radical (unpaired) electrons. The number of sulfonamides is 1. The molecule has 2 aromatic rings. The zero-order valence-electron chi connectivity index (χ0n) is 25.7. The van der Waals surface area contributed by atoms with Gasteiger partial charge in [-0.25, -0.2) is 8.42 Å². The van der Waals surface area contributed by atoms with Gasteiger partial charge in [0, 0.05) is 19.6 Å². The van der Waals surface area contributed by atoms with Gasteiger partial charge in [-0.3, -0.25) is 4.79 Å². The molecule has 2 bridgehead atoms. The van der Waals surface area contributed by atoms with Gasteiger partial charge in [0.1, 0.15) is 11.8 Å². The Bertz CT molecular complexity index is 1420. The van der Waals surface area contributed by atoms with Crippen LogP contribution in [0, 0.1) is 0 Å². The Morgan fingerprint density at radius 2 is 1.84 bits per heavy atom. The zero-order valence-corrected chi connectivity index (χ0v) is 26.5. The van der Waals surface area contributed by atoms with Crippen molar-refractivity contribution in [2.24, 2.45) is 0 Å². The molecule has 1 aliphatic heterocycles. The lowest BCUT2D eigenvalue weighted by atomic mass is 9.99. The minimum Gasteiger partial charge on any atom is -0.491 e. The molecule has 45 heavy (non-hydrogen) atoms. The number of β-amino-alcohol motifs (C(OH)–C–C–N with tert-alkyl or cyclic N) is 1. The Morgan fingerprint density at radius 3 is 2.53 bits per heavy atom. The van der Waals surface area contributed by atoms with Gasteiger partial charge in [0.05, 0.1) is 43.1 Å². The molecule has 0 saturated heterocycles. The van der Waals surface area contributed by atoms with Crippen molar-refractivity contribution in [3.8, 4) is 5.75 Å². The van der Waals surface area contributed by atoms with Crippen LogP contribution in [0.2, 0.25) is 0 Å². The number of alkyl halides is 3. The number of carbonyl (C=O) groups excluding carboxylic acids is 1. The van der Waals surface area contributed by atoms with Crippen LogP contribution in [0.15, 0.2) is 60.7 Å². The largest absolute Gasteiger partial charge is 0.491 e. The summed E-state index contributed by atoms with van der Waals surface area (Å²) in [5.41, 5.74) is 2.81. The number of carbonyl (C=O) groups is 1. The molecule has 0 saturated carbocycles. The Hall–Kier alpha value is -2.97. The fourth-order valence-corrected chi connectivity index (χ4v) is 6.96. The molecule has 1 amide bonds. The van der Waals surface area contributed by atoms with E-state index in [1.807, 2.05) is 62.4 Å². The number of hydrogen-bond acceptors (Lipinski definition) is 7. The van der Waals surface area contributed by atoms with Crippen molar-refractivity contribution in [1.82, 2.24) is 14.9 Å². The van der Waals surface area contributed by atoms with Gasteiger partial charge in [-0.2, -0.15) is 17.5 Å². The Balaban J connectivity index is 1.63. The van der Waals surface area contributed by atoms with E-state index >= 15 is 0 Å². The van der Waals surface area contributed by atoms with E-state index in [9.17, 15) is 31.5 Å². The maximum absolute atomic E-state index is 13.7. The molecule has 2 aliphatic rings. The van der Waals surface area contributed by atoms with E-state index in [2.05, 4.69) is 10.6 Å². The molecule has 3 N–H and O–H groups in total. The minimum atomic E-state index is -4.67. The van der Waals surface area contributed by atoms with Crippen molar-refractivity contribution in [3.63, 3.8) is 0 Å². The van der Waals surface area contributed by atoms with Crippen LogP contribution in [0.25, 0.3) is 0 Å². The Labute approximate surface area is 262 Å². The molecule has 5 atom stereocenters. The molecule has 0 unspecified atom stereocenters. The van der Waals surface area contributed by atoms with Gasteiger partial charge in [0.25, 0.3) is 0 Å². The molecule has 1 aliphatic carbocycles. The van der Waals surface area contributed by atoms with E-state index in [4.69, 9.17) is 9.47 Å². The van der Waals surface area contributed by atoms with E-state index in [0.717, 1.165) is 29.5 Å². The van der Waals surface area contributed by atoms with Crippen molar-refractivity contribution in [2.75, 3.05) is 26.0 Å². The summed E-state index contributed by atoms with van der Waals surface area (Å²) in [5.74, 6) is -1.19. The number of hydrogen-bond donors (Lipinski definition) is 3. The standard InChI is InChI=1S/C32H42F3N3O6S/c1-21(2)44-23-12-13-24-25(18-23)26-19-30(24)43-15-8-7-11-28(38(3)45(41,42)16-14-32(33,34)35)31(40)37-27(29(39)20-36-26)17-22-9-5-4-6-10-22/h4-10,12-13,18,21,26-30,36,39H,11,14-17,19-20H2,1-3H3,(H,37,40)/b8-7+/t26-,27-,28-,29+,30+/m0/s1. The number of rotatable bonds is 8. The highest BCUT2D eigenvalue weighted by Crippen LogP contribution is 2.42. The van der Waals surface area contributed by atoms with E-state index in [1.165, 1.54) is 0 Å². The maximum Gasteiger partial charge on any atom is 0.390 e. The van der Waals surface area contributed by atoms with Gasteiger partial charge in [-0.1, -0.05) is 48.6 Å². The van der Waals surface area contributed by atoms with Crippen LogP contribution in [0.1, 0.15) is 61.9 Å². The van der Waals surface area contributed by atoms with E-state index in [0.29, 0.717) is 10.7 Å². The van der Waals surface area contributed by atoms with Crippen LogP contribution in [0.4, 0.5) is 13.2 Å². The summed E-state index contributed by atoms with van der Waals surface area (Å²) in [4.78, 5) is 13.7. The summed E-state index contributed by atoms with van der Waals surface area (Å²) in [6.45, 7) is 4.15. The number of aliphatic hydroxyl groups excluding tert-OH is 1. The minimum absolute atomic E-state index is 0.00901. The number of aliphatic hydroxyl groups is 1. The first-order chi connectivity index (χ1) is 21.2. The smallest absolute Gasteiger partial charge is 0.390 e. The zero-order chi connectivity index (χ0) is 32.8. The number of ether oxygens (including phenoxy) is 2. The number of nitrogens with zero attached hydrogens (tertiary/aromatic N) is 1. The Morgan fingerprint density at radius 1 is 1.11 bits per heavy atom. The SMILES string of the molecule is CC(C)Oc1ccc2c(c1)[C@@H]1C[C@H]2OC/C=C/C[C@H](N(C)S(=O)(=O)CCC(F)(F)F)C(=O)N[C@@H](Cc2ccccc2)[C@H](O)CN1. The first-order valence-electron chi connectivity index (χ1n) is 15.1. The second kappa shape index (κ2) is 15.1. The van der Waals surface area contributed by atoms with Gasteiger partial charge in [0.15, 0.2) is 0 Å². The summed E-state index contributed by atoms with van der Waals surface area (Å²) in [6, 6.07) is 12.7. The Kier molecular flexibility index (Phi) is 11.7. The van der Waals surface area contributed by atoms with Gasteiger partial charge >= 0.3 is 6.18 Å². The molecule has 13 heteroatoms. The summed E-state index contributed by atoms with van der Waals surface area (Å²) < 4.78 is 77.2. The first kappa shape index (κ1) is 34.9. The molecule has 248 valence electrons. The predicted octanol–water partition coefficient (Wildman–Crippen LogP) is 4.20. The van der Waals surface area contributed by atoms with Gasteiger partial charge in [0.2, 0.25) is 15.9 Å². The number of nitrogens with one attached hydrogen (secondary N) is 2. The van der Waals surface area contributed by atoms with Crippen LogP contribution in [0.3, 0.4) is 0 Å². The van der Waals surface area contributed by atoms with Crippen LogP contribution in [-0.4, -0.2) is 80.2 Å². The molecule has 9 nitrogen and oxygen atoms in total. The van der Waals surface area contributed by atoms with Crippen LogP contribution >= 0.6 is 0 Å². The first-order valence-corrected chi connectivity index (χ1v) is 16.7. The fraction of sp³-hybridized carbons (Fsp3) is 0.531. The molecule has 2 aromatic carbocycles. The lowest BCUT2D eigenvalue weighted by Crippen LogP contribution is -2.55. The summed E-state index contributed by atoms with van der Waals surface area (Å²) in [7, 11) is -3.35. The van der Waals surface area contributed by atoms with E-state index in [-0.39, 0.29) is 44.2 Å². The maximum atomic E-state index is 13.7. The lowest BCUT2D eigenvalue weighted by molar-refractivity contribution is -0.130. The number of benzene rings is 2. The number of amides is 1. The topological polar surface area (TPSA) is 117 Å². The number of halogens is 3. The summed E-state index contributed by atoms with van der Waals surface area (Å²) in [5, 5.41) is 17.6. The fourth-order valence-electron chi connectivity index (χ4n) is 5.62. The van der Waals surface area contributed by atoms with Gasteiger partial charge < -0.3 is 25.2 Å². The highest BCUT2D eigenvalue weighted by Gasteiger charge is 2.37. The van der Waals surface area contributed by atoms with Crippen LogP contribution in [-0.2, 0) is 26.0 Å². The second-order valence-electron chi connectivity index (χ2n) is 11.8. The van der Waals surface area contributed by atoms with Crippen molar-refractivity contribution >= 4 is 15.9 Å². The van der Waals surface area contributed by atoms with Crippen molar-refractivity contribution in [1.29, 1.82) is 0 Å². The number of fused-ring (bicyclic) bond motifs is 5. The third kappa shape index (κ3) is 9.76. The summed E-state index contributed by atoms with van der Waals surface area (Å²) in [6.07, 6.45) is -3.59. The molecule has 1 heterocycles. The highest BCUT2D eigenvalue weighted by molar-refractivity contribution is 7.89. The third-order valence-electron chi connectivity index (χ3n) is 8.01. The quantitative estimate of drug-likeness (QED) is 0.366. The normalized spacial score (nSPS) is 25.7. The molecule has 0 aromatic heterocycles. The predicted molar refractivity (Wildman–Crippen MR) is 164 cm³/mol. The monoisotopic (exact) mass is 653 g/mol. The highest BCUT2D eigenvalue weighted by atomic mass is 32.2. The van der Waals surface area contributed by atoms with E-state index < -0.39 is 52.5 Å². The lowest BCUT2D eigenvalue weighted by Gasteiger charge is -2.31. The molecule has 4 rings (SSSR count). The van der Waals surface area contributed by atoms with Crippen LogP contribution in [0.5, 0.6) is 5.75 Å².